The van der Waals surface area contributed by atoms with Crippen LogP contribution >= 0.6 is 0 Å². The molecule has 1 aromatic carbocycles. The Morgan fingerprint density at radius 2 is 1.67 bits per heavy atom. The molecule has 3 amide bonds. The summed E-state index contributed by atoms with van der Waals surface area (Å²) in [5, 5.41) is 3.03. The largest absolute Gasteiger partial charge is 0.449 e. The second-order valence-corrected chi connectivity index (χ2v) is 9.96. The number of carbonyl (C=O) groups is 4. The molecule has 4 rings (SSSR count). The van der Waals surface area contributed by atoms with Crippen molar-refractivity contribution in [3.8, 4) is 0 Å². The minimum atomic E-state index is -0.953. The van der Waals surface area contributed by atoms with Crippen LogP contribution in [0.2, 0.25) is 0 Å². The van der Waals surface area contributed by atoms with Crippen molar-refractivity contribution in [2.45, 2.75) is 90.3 Å². The number of esters is 1. The Morgan fingerprint density at radius 1 is 0.970 bits per heavy atom. The van der Waals surface area contributed by atoms with E-state index in [-0.39, 0.29) is 40.9 Å². The van der Waals surface area contributed by atoms with Crippen LogP contribution in [0.1, 0.15) is 103 Å². The number of ether oxygens (including phenoxy) is 1. The number of nitrogens with one attached hydrogen (secondary N) is 1. The first-order chi connectivity index (χ1) is 15.8. The highest BCUT2D eigenvalue weighted by Crippen LogP contribution is 2.32. The van der Waals surface area contributed by atoms with E-state index in [9.17, 15) is 19.2 Å². The highest BCUT2D eigenvalue weighted by Gasteiger charge is 2.40. The normalized spacial score (nSPS) is 26.6. The standard InChI is InChI=1S/C26H34N2O5/c1-15-8-7-11-22(16(15)2)27-23(29)17(3)33-26(32)18-12-13-20-21(14-18)25(31)28(24(20)30)19-9-5-4-6-10-19/h12-17,19,22H,4-11H2,1-3H3,(H,27,29)/t15-,16+,17+,22-/m1/s1. The molecule has 0 spiro atoms. The van der Waals surface area contributed by atoms with Crippen molar-refractivity contribution in [2.75, 3.05) is 0 Å². The maximum Gasteiger partial charge on any atom is 0.338 e. The van der Waals surface area contributed by atoms with Crippen molar-refractivity contribution in [3.05, 3.63) is 34.9 Å². The molecule has 0 radical (unpaired) electrons. The van der Waals surface area contributed by atoms with Gasteiger partial charge in [-0.15, -0.1) is 0 Å². The molecule has 1 aliphatic heterocycles. The molecule has 0 unspecified atom stereocenters. The van der Waals surface area contributed by atoms with Crippen LogP contribution in [-0.4, -0.2) is 46.8 Å². The molecule has 0 bridgehead atoms. The van der Waals surface area contributed by atoms with E-state index in [1.807, 2.05) is 0 Å². The van der Waals surface area contributed by atoms with Gasteiger partial charge in [0, 0.05) is 12.1 Å². The van der Waals surface area contributed by atoms with Crippen LogP contribution in [-0.2, 0) is 9.53 Å². The maximum absolute atomic E-state index is 13.0. The number of rotatable bonds is 5. The molecule has 2 saturated carbocycles. The Bertz CT molecular complexity index is 952. The SMILES string of the molecule is C[C@H]1[C@H](C)CCC[C@H]1NC(=O)[C@H](C)OC(=O)c1ccc2c(c1)C(=O)N(C1CCCCC1)C2=O. The third-order valence-corrected chi connectivity index (χ3v) is 7.78. The molecular weight excluding hydrogens is 420 g/mol. The van der Waals surface area contributed by atoms with Gasteiger partial charge in [0.2, 0.25) is 0 Å². The number of amides is 3. The van der Waals surface area contributed by atoms with E-state index in [0.29, 0.717) is 17.4 Å². The fourth-order valence-corrected chi connectivity index (χ4v) is 5.43. The van der Waals surface area contributed by atoms with Crippen LogP contribution in [0, 0.1) is 11.8 Å². The third-order valence-electron chi connectivity index (χ3n) is 7.78. The predicted molar refractivity (Wildman–Crippen MR) is 123 cm³/mol. The van der Waals surface area contributed by atoms with Gasteiger partial charge in [-0.3, -0.25) is 19.3 Å². The smallest absolute Gasteiger partial charge is 0.338 e. The van der Waals surface area contributed by atoms with E-state index in [0.717, 1.165) is 51.4 Å². The van der Waals surface area contributed by atoms with E-state index in [1.165, 1.54) is 23.1 Å². The van der Waals surface area contributed by atoms with Crippen LogP contribution < -0.4 is 5.32 Å². The van der Waals surface area contributed by atoms with Gasteiger partial charge in [0.25, 0.3) is 17.7 Å². The first-order valence-electron chi connectivity index (χ1n) is 12.3. The second-order valence-electron chi connectivity index (χ2n) is 9.96. The Kier molecular flexibility index (Phi) is 6.86. The molecule has 0 saturated heterocycles. The molecule has 1 N–H and O–H groups in total. The zero-order valence-electron chi connectivity index (χ0n) is 19.8. The molecule has 2 fully saturated rings. The predicted octanol–water partition coefficient (Wildman–Crippen LogP) is 4.10. The van der Waals surface area contributed by atoms with Gasteiger partial charge in [0.05, 0.1) is 16.7 Å². The Labute approximate surface area is 195 Å². The van der Waals surface area contributed by atoms with Crippen molar-refractivity contribution < 1.29 is 23.9 Å². The minimum Gasteiger partial charge on any atom is -0.449 e. The molecule has 7 nitrogen and oxygen atoms in total. The van der Waals surface area contributed by atoms with Gasteiger partial charge in [0.15, 0.2) is 6.10 Å². The van der Waals surface area contributed by atoms with E-state index in [4.69, 9.17) is 4.74 Å². The van der Waals surface area contributed by atoms with Crippen LogP contribution in [0.5, 0.6) is 0 Å². The topological polar surface area (TPSA) is 92.8 Å². The summed E-state index contributed by atoms with van der Waals surface area (Å²) in [5.74, 6) is -0.708. The maximum atomic E-state index is 13.0. The van der Waals surface area contributed by atoms with Crippen LogP contribution in [0.15, 0.2) is 18.2 Å². The second kappa shape index (κ2) is 9.65. The molecule has 2 aliphatic carbocycles. The van der Waals surface area contributed by atoms with Crippen LogP contribution in [0.3, 0.4) is 0 Å². The summed E-state index contributed by atoms with van der Waals surface area (Å²) in [6, 6.07) is 4.44. The number of imide groups is 1. The molecule has 33 heavy (non-hydrogen) atoms. The summed E-state index contributed by atoms with van der Waals surface area (Å²) >= 11 is 0. The van der Waals surface area contributed by atoms with Crippen molar-refractivity contribution in [1.82, 2.24) is 10.2 Å². The lowest BCUT2D eigenvalue weighted by Gasteiger charge is -2.35. The van der Waals surface area contributed by atoms with E-state index < -0.39 is 12.1 Å². The number of hydrogen-bond donors (Lipinski definition) is 1. The summed E-state index contributed by atoms with van der Waals surface area (Å²) in [6.45, 7) is 5.89. The number of benzene rings is 1. The Hall–Kier alpha value is -2.70. The molecule has 178 valence electrons. The summed E-state index contributed by atoms with van der Waals surface area (Å²) in [7, 11) is 0. The Balaban J connectivity index is 1.41. The average molecular weight is 455 g/mol. The zero-order valence-corrected chi connectivity index (χ0v) is 19.8. The van der Waals surface area contributed by atoms with Gasteiger partial charge in [-0.25, -0.2) is 4.79 Å². The monoisotopic (exact) mass is 454 g/mol. The van der Waals surface area contributed by atoms with E-state index >= 15 is 0 Å². The first-order valence-corrected chi connectivity index (χ1v) is 12.3. The number of fused-ring (bicyclic) bond motifs is 1. The molecule has 1 aromatic rings. The quantitative estimate of drug-likeness (QED) is 0.534. The molecule has 3 aliphatic rings. The summed E-state index contributed by atoms with van der Waals surface area (Å²) in [5.41, 5.74) is 0.732. The molecule has 0 aromatic heterocycles. The fourth-order valence-electron chi connectivity index (χ4n) is 5.43. The zero-order chi connectivity index (χ0) is 23.7. The van der Waals surface area contributed by atoms with Crippen LogP contribution in [0.25, 0.3) is 0 Å². The number of hydrogen-bond acceptors (Lipinski definition) is 5. The first kappa shape index (κ1) is 23.5. The van der Waals surface area contributed by atoms with Gasteiger partial charge < -0.3 is 10.1 Å². The summed E-state index contributed by atoms with van der Waals surface area (Å²) in [4.78, 5) is 52.5. The highest BCUT2D eigenvalue weighted by molar-refractivity contribution is 6.22. The average Bonchev–Trinajstić information content (AvgIpc) is 3.06. The highest BCUT2D eigenvalue weighted by atomic mass is 16.5. The van der Waals surface area contributed by atoms with Gasteiger partial charge in [-0.05, 0) is 56.2 Å². The lowest BCUT2D eigenvalue weighted by molar-refractivity contribution is -0.130. The van der Waals surface area contributed by atoms with Crippen molar-refractivity contribution in [3.63, 3.8) is 0 Å². The molecular formula is C26H34N2O5. The summed E-state index contributed by atoms with van der Waals surface area (Å²) in [6.07, 6.45) is 7.00. The van der Waals surface area contributed by atoms with E-state index in [1.54, 1.807) is 6.92 Å². The van der Waals surface area contributed by atoms with Crippen molar-refractivity contribution >= 4 is 23.7 Å². The number of carbonyl (C=O) groups excluding carboxylic acids is 4. The Morgan fingerprint density at radius 3 is 2.39 bits per heavy atom. The van der Waals surface area contributed by atoms with E-state index in [2.05, 4.69) is 19.2 Å². The lowest BCUT2D eigenvalue weighted by Crippen LogP contribution is -2.47. The van der Waals surface area contributed by atoms with Crippen molar-refractivity contribution in [1.29, 1.82) is 0 Å². The number of nitrogens with zero attached hydrogens (tertiary/aromatic N) is 1. The van der Waals surface area contributed by atoms with Crippen molar-refractivity contribution in [2.24, 2.45) is 11.8 Å². The van der Waals surface area contributed by atoms with Gasteiger partial charge in [-0.2, -0.15) is 0 Å². The lowest BCUT2D eigenvalue weighted by atomic mass is 9.78. The van der Waals surface area contributed by atoms with Gasteiger partial charge >= 0.3 is 5.97 Å². The fraction of sp³-hybridized carbons (Fsp3) is 0.615. The molecule has 4 atom stereocenters. The molecule has 7 heteroatoms. The van der Waals surface area contributed by atoms with Gasteiger partial charge in [-0.1, -0.05) is 46.0 Å². The minimum absolute atomic E-state index is 0.0739. The third kappa shape index (κ3) is 4.68. The van der Waals surface area contributed by atoms with Gasteiger partial charge in [0.1, 0.15) is 0 Å². The van der Waals surface area contributed by atoms with Crippen LogP contribution in [0.4, 0.5) is 0 Å². The summed E-state index contributed by atoms with van der Waals surface area (Å²) < 4.78 is 5.41. The molecule has 1 heterocycles.